The molecule has 0 amide bonds. The molecule has 0 bridgehead atoms. The lowest BCUT2D eigenvalue weighted by molar-refractivity contribution is -0.138. The van der Waals surface area contributed by atoms with Gasteiger partial charge in [0.25, 0.3) is 5.56 Å². The van der Waals surface area contributed by atoms with Gasteiger partial charge in [-0.25, -0.2) is 0 Å². The Kier molecular flexibility index (Phi) is 4.35. The van der Waals surface area contributed by atoms with E-state index in [4.69, 9.17) is 4.74 Å². The van der Waals surface area contributed by atoms with Crippen molar-refractivity contribution >= 4 is 5.97 Å². The Morgan fingerprint density at radius 1 is 1.14 bits per heavy atom. The van der Waals surface area contributed by atoms with Crippen molar-refractivity contribution in [2.75, 3.05) is 0 Å². The molecule has 7 heteroatoms. The molecule has 0 spiro atoms. The third-order valence-corrected chi connectivity index (χ3v) is 2.85. The normalized spacial score (nSPS) is 11.3. The lowest BCUT2D eigenvalue weighted by Crippen LogP contribution is -2.21. The fraction of sp³-hybridized carbons (Fsp3) is 0.200. The van der Waals surface area contributed by atoms with E-state index in [2.05, 4.69) is 0 Å². The van der Waals surface area contributed by atoms with Crippen molar-refractivity contribution in [3.05, 3.63) is 64.1 Å². The highest BCUT2D eigenvalue weighted by molar-refractivity contribution is 5.69. The molecule has 0 aliphatic carbocycles. The summed E-state index contributed by atoms with van der Waals surface area (Å²) in [5, 5.41) is 0. The van der Waals surface area contributed by atoms with E-state index in [9.17, 15) is 22.8 Å². The number of carbonyl (C=O) groups excluding carboxylic acids is 1. The predicted molar refractivity (Wildman–Crippen MR) is 72.6 cm³/mol. The summed E-state index contributed by atoms with van der Waals surface area (Å²) in [5.41, 5.74) is -0.807. The summed E-state index contributed by atoms with van der Waals surface area (Å²) >= 11 is 0. The van der Waals surface area contributed by atoms with Crippen molar-refractivity contribution in [2.24, 2.45) is 0 Å². The molecule has 1 aromatic heterocycles. The highest BCUT2D eigenvalue weighted by atomic mass is 19.4. The third kappa shape index (κ3) is 3.97. The molecule has 0 saturated carbocycles. The number of carbonyl (C=O) groups is 1. The number of nitrogens with zero attached hydrogens (tertiary/aromatic N) is 1. The van der Waals surface area contributed by atoms with Gasteiger partial charge in [-0.15, -0.1) is 0 Å². The summed E-state index contributed by atoms with van der Waals surface area (Å²) in [7, 11) is 0. The van der Waals surface area contributed by atoms with Gasteiger partial charge in [0.2, 0.25) is 0 Å². The number of hydrogen-bond acceptors (Lipinski definition) is 3. The van der Waals surface area contributed by atoms with E-state index in [0.717, 1.165) is 22.9 Å². The summed E-state index contributed by atoms with van der Waals surface area (Å²) in [6.07, 6.45) is -3.73. The molecule has 0 aliphatic heterocycles. The van der Waals surface area contributed by atoms with E-state index >= 15 is 0 Å². The zero-order valence-corrected chi connectivity index (χ0v) is 11.6. The van der Waals surface area contributed by atoms with E-state index in [0.29, 0.717) is 11.3 Å². The van der Waals surface area contributed by atoms with Crippen LogP contribution in [0.25, 0.3) is 0 Å². The highest BCUT2D eigenvalue weighted by Crippen LogP contribution is 2.28. The summed E-state index contributed by atoms with van der Waals surface area (Å²) < 4.78 is 43.8. The molecule has 0 radical (unpaired) electrons. The molecule has 0 N–H and O–H groups in total. The van der Waals surface area contributed by atoms with Gasteiger partial charge in [0.05, 0.1) is 12.1 Å². The van der Waals surface area contributed by atoms with Crippen LogP contribution in [0.15, 0.2) is 47.4 Å². The summed E-state index contributed by atoms with van der Waals surface area (Å²) in [6, 6.07) is 7.80. The van der Waals surface area contributed by atoms with Crippen molar-refractivity contribution < 1.29 is 22.7 Å². The molecule has 0 saturated heterocycles. The van der Waals surface area contributed by atoms with Gasteiger partial charge in [-0.1, -0.05) is 12.1 Å². The van der Waals surface area contributed by atoms with Crippen LogP contribution in [0.4, 0.5) is 13.2 Å². The summed E-state index contributed by atoms with van der Waals surface area (Å²) in [6.45, 7) is 1.25. The Hall–Kier alpha value is -2.57. The number of halogens is 3. The second-order valence-electron chi connectivity index (χ2n) is 4.62. The third-order valence-electron chi connectivity index (χ3n) is 2.85. The first-order chi connectivity index (χ1) is 10.3. The van der Waals surface area contributed by atoms with Crippen LogP contribution in [-0.4, -0.2) is 10.5 Å². The first-order valence-corrected chi connectivity index (χ1v) is 6.31. The number of benzene rings is 1. The van der Waals surface area contributed by atoms with Gasteiger partial charge in [0, 0.05) is 19.2 Å². The van der Waals surface area contributed by atoms with Gasteiger partial charge in [-0.05, 0) is 23.8 Å². The van der Waals surface area contributed by atoms with Crippen molar-refractivity contribution in [3.8, 4) is 5.75 Å². The van der Waals surface area contributed by atoms with Gasteiger partial charge >= 0.3 is 12.1 Å². The lowest BCUT2D eigenvalue weighted by Gasteiger charge is -2.11. The monoisotopic (exact) mass is 311 g/mol. The molecule has 22 heavy (non-hydrogen) atoms. The molecular weight excluding hydrogens is 299 g/mol. The number of rotatable bonds is 3. The van der Waals surface area contributed by atoms with Gasteiger partial charge in [0.1, 0.15) is 5.75 Å². The largest absolute Gasteiger partial charge is 0.427 e. The van der Waals surface area contributed by atoms with Crippen molar-refractivity contribution in [1.82, 2.24) is 4.57 Å². The Labute approximate surface area is 123 Å². The lowest BCUT2D eigenvalue weighted by atomic mass is 10.2. The SMILES string of the molecule is CC(=O)Oc1ccc(Cn2cc(C(F)(F)F)ccc2=O)cc1. The van der Waals surface area contributed by atoms with Gasteiger partial charge in [0.15, 0.2) is 0 Å². The minimum Gasteiger partial charge on any atom is -0.427 e. The van der Waals surface area contributed by atoms with E-state index in [-0.39, 0.29) is 6.54 Å². The molecule has 4 nitrogen and oxygen atoms in total. The van der Waals surface area contributed by atoms with Crippen molar-refractivity contribution in [1.29, 1.82) is 0 Å². The van der Waals surface area contributed by atoms with E-state index in [1.165, 1.54) is 19.1 Å². The second-order valence-corrected chi connectivity index (χ2v) is 4.62. The number of hydrogen-bond donors (Lipinski definition) is 0. The highest BCUT2D eigenvalue weighted by Gasteiger charge is 2.31. The molecule has 116 valence electrons. The van der Waals surface area contributed by atoms with E-state index in [1.807, 2.05) is 0 Å². The molecule has 2 rings (SSSR count). The Bertz CT molecular complexity index is 733. The maximum atomic E-state index is 12.6. The maximum Gasteiger partial charge on any atom is 0.417 e. The van der Waals surface area contributed by atoms with Crippen LogP contribution in [0.2, 0.25) is 0 Å². The predicted octanol–water partition coefficient (Wildman–Crippen LogP) is 2.84. The second kappa shape index (κ2) is 6.05. The van der Waals surface area contributed by atoms with Crippen LogP contribution in [-0.2, 0) is 17.5 Å². The number of esters is 1. The van der Waals surface area contributed by atoms with E-state index in [1.54, 1.807) is 12.1 Å². The zero-order chi connectivity index (χ0) is 16.3. The van der Waals surface area contributed by atoms with Crippen LogP contribution < -0.4 is 10.3 Å². The fourth-order valence-corrected chi connectivity index (χ4v) is 1.85. The van der Waals surface area contributed by atoms with Crippen LogP contribution >= 0.6 is 0 Å². The van der Waals surface area contributed by atoms with Crippen LogP contribution in [0.5, 0.6) is 5.75 Å². The molecule has 0 aliphatic rings. The Morgan fingerprint density at radius 3 is 2.32 bits per heavy atom. The van der Waals surface area contributed by atoms with Gasteiger partial charge < -0.3 is 9.30 Å². The number of ether oxygens (including phenoxy) is 1. The topological polar surface area (TPSA) is 48.3 Å². The smallest absolute Gasteiger partial charge is 0.417 e. The molecule has 2 aromatic rings. The minimum atomic E-state index is -4.51. The zero-order valence-electron chi connectivity index (χ0n) is 11.6. The van der Waals surface area contributed by atoms with Gasteiger partial charge in [-0.3, -0.25) is 9.59 Å². The Balaban J connectivity index is 2.23. The molecule has 1 aromatic carbocycles. The first-order valence-electron chi connectivity index (χ1n) is 6.31. The molecule has 0 fully saturated rings. The minimum absolute atomic E-state index is 0.0108. The first kappa shape index (κ1) is 15.8. The number of aromatic nitrogens is 1. The molecule has 0 unspecified atom stereocenters. The van der Waals surface area contributed by atoms with Crippen LogP contribution in [0, 0.1) is 0 Å². The molecule has 0 atom stereocenters. The molecular formula is C15H12F3NO3. The summed E-state index contributed by atoms with van der Waals surface area (Å²) in [4.78, 5) is 22.4. The standard InChI is InChI=1S/C15H12F3NO3/c1-10(20)22-13-5-2-11(3-6-13)8-19-9-12(15(16,17)18)4-7-14(19)21/h2-7,9H,8H2,1H3. The van der Waals surface area contributed by atoms with Crippen LogP contribution in [0.3, 0.4) is 0 Å². The van der Waals surface area contributed by atoms with Gasteiger partial charge in [-0.2, -0.15) is 13.2 Å². The van der Waals surface area contributed by atoms with Crippen molar-refractivity contribution in [2.45, 2.75) is 19.6 Å². The maximum absolute atomic E-state index is 12.6. The number of pyridine rings is 1. The Morgan fingerprint density at radius 2 is 1.77 bits per heavy atom. The van der Waals surface area contributed by atoms with E-state index < -0.39 is 23.3 Å². The van der Waals surface area contributed by atoms with Crippen LogP contribution in [0.1, 0.15) is 18.1 Å². The van der Waals surface area contributed by atoms with Crippen molar-refractivity contribution in [3.63, 3.8) is 0 Å². The average molecular weight is 311 g/mol. The number of alkyl halides is 3. The summed E-state index contributed by atoms with van der Waals surface area (Å²) in [5.74, 6) is -0.144. The average Bonchev–Trinajstić information content (AvgIpc) is 2.41. The fourth-order valence-electron chi connectivity index (χ4n) is 1.85. The molecule has 1 heterocycles. The quantitative estimate of drug-likeness (QED) is 0.647.